The molecule has 3 rings (SSSR count). The second kappa shape index (κ2) is 9.74. The van der Waals surface area contributed by atoms with Gasteiger partial charge in [0.25, 0.3) is 15.9 Å². The van der Waals surface area contributed by atoms with Crippen molar-refractivity contribution in [1.82, 2.24) is 5.32 Å². The molecule has 7 nitrogen and oxygen atoms in total. The highest BCUT2D eigenvalue weighted by atomic mass is 32.2. The fourth-order valence-corrected chi connectivity index (χ4v) is 4.54. The summed E-state index contributed by atoms with van der Waals surface area (Å²) in [4.78, 5) is 13.3. The van der Waals surface area contributed by atoms with Crippen molar-refractivity contribution in [3.05, 3.63) is 83.9 Å². The Balaban J connectivity index is 1.87. The van der Waals surface area contributed by atoms with Crippen molar-refractivity contribution in [3.8, 4) is 11.5 Å². The molecule has 0 saturated heterocycles. The molecule has 0 unspecified atom stereocenters. The van der Waals surface area contributed by atoms with E-state index in [-0.39, 0.29) is 22.2 Å². The number of sulfonamides is 1. The second-order valence-electron chi connectivity index (χ2n) is 7.11. The van der Waals surface area contributed by atoms with Crippen LogP contribution in [0.1, 0.15) is 28.9 Å². The normalized spacial score (nSPS) is 12.0. The standard InChI is InChI=1S/C24H26N2O5S/c1-17(18-14-15-22(30-3)23(16-18)31-4)25-24(27)20-12-8-9-13-21(20)26(2)32(28,29)19-10-6-5-7-11-19/h5-17H,1-4H3,(H,25,27)/t17-/m1/s1. The minimum Gasteiger partial charge on any atom is -0.493 e. The molecular formula is C24H26N2O5S. The summed E-state index contributed by atoms with van der Waals surface area (Å²) in [6.45, 7) is 1.84. The molecule has 3 aromatic carbocycles. The van der Waals surface area contributed by atoms with E-state index in [0.717, 1.165) is 9.87 Å². The Bertz CT molecular complexity index is 1200. The number of hydrogen-bond acceptors (Lipinski definition) is 5. The van der Waals surface area contributed by atoms with Crippen molar-refractivity contribution in [2.75, 3.05) is 25.6 Å². The summed E-state index contributed by atoms with van der Waals surface area (Å²) in [6.07, 6.45) is 0. The van der Waals surface area contributed by atoms with Crippen molar-refractivity contribution in [3.63, 3.8) is 0 Å². The number of nitrogens with zero attached hydrogens (tertiary/aromatic N) is 1. The van der Waals surface area contributed by atoms with Crippen LogP contribution in [-0.2, 0) is 10.0 Å². The van der Waals surface area contributed by atoms with Gasteiger partial charge in [-0.15, -0.1) is 0 Å². The minimum atomic E-state index is -3.82. The fourth-order valence-electron chi connectivity index (χ4n) is 3.30. The smallest absolute Gasteiger partial charge is 0.264 e. The van der Waals surface area contributed by atoms with Crippen LogP contribution in [-0.4, -0.2) is 35.6 Å². The maximum atomic E-state index is 13.1. The lowest BCUT2D eigenvalue weighted by molar-refractivity contribution is 0.0940. The van der Waals surface area contributed by atoms with E-state index in [0.29, 0.717) is 11.5 Å². The number of methoxy groups -OCH3 is 2. The summed E-state index contributed by atoms with van der Waals surface area (Å²) in [6, 6.07) is 19.7. The van der Waals surface area contributed by atoms with Gasteiger partial charge in [-0.2, -0.15) is 0 Å². The number of carbonyl (C=O) groups excluding carboxylic acids is 1. The van der Waals surface area contributed by atoms with Gasteiger partial charge in [-0.1, -0.05) is 36.4 Å². The van der Waals surface area contributed by atoms with Gasteiger partial charge in [0.1, 0.15) is 0 Å². The molecular weight excluding hydrogens is 428 g/mol. The molecule has 0 aliphatic heterocycles. The van der Waals surface area contributed by atoms with Gasteiger partial charge >= 0.3 is 0 Å². The Morgan fingerprint density at radius 2 is 1.53 bits per heavy atom. The lowest BCUT2D eigenvalue weighted by Gasteiger charge is -2.23. The zero-order valence-electron chi connectivity index (χ0n) is 18.4. The SMILES string of the molecule is COc1ccc([C@@H](C)NC(=O)c2ccccc2N(C)S(=O)(=O)c2ccccc2)cc1OC. The van der Waals surface area contributed by atoms with Crippen LogP contribution in [0.2, 0.25) is 0 Å². The number of ether oxygens (including phenoxy) is 2. The van der Waals surface area contributed by atoms with Gasteiger partial charge in [-0.3, -0.25) is 9.10 Å². The molecule has 32 heavy (non-hydrogen) atoms. The van der Waals surface area contributed by atoms with Gasteiger partial charge in [0.2, 0.25) is 0 Å². The molecule has 1 amide bonds. The minimum absolute atomic E-state index is 0.149. The van der Waals surface area contributed by atoms with E-state index < -0.39 is 15.9 Å². The summed E-state index contributed by atoms with van der Waals surface area (Å²) < 4.78 is 37.8. The first-order valence-electron chi connectivity index (χ1n) is 9.95. The predicted octanol–water partition coefficient (Wildman–Crippen LogP) is 4.02. The van der Waals surface area contributed by atoms with Crippen molar-refractivity contribution in [1.29, 1.82) is 0 Å². The molecule has 0 bridgehead atoms. The zero-order chi connectivity index (χ0) is 23.3. The molecule has 0 aliphatic rings. The highest BCUT2D eigenvalue weighted by Gasteiger charge is 2.25. The number of rotatable bonds is 8. The van der Waals surface area contributed by atoms with Gasteiger partial charge < -0.3 is 14.8 Å². The number of benzene rings is 3. The lowest BCUT2D eigenvalue weighted by atomic mass is 10.1. The van der Waals surface area contributed by atoms with Crippen molar-refractivity contribution in [2.45, 2.75) is 17.9 Å². The topological polar surface area (TPSA) is 84.9 Å². The number of nitrogens with one attached hydrogen (secondary N) is 1. The van der Waals surface area contributed by atoms with E-state index in [2.05, 4.69) is 5.32 Å². The van der Waals surface area contributed by atoms with Gasteiger partial charge in [-0.25, -0.2) is 8.42 Å². The zero-order valence-corrected chi connectivity index (χ0v) is 19.2. The summed E-state index contributed by atoms with van der Waals surface area (Å²) in [5.41, 5.74) is 1.36. The van der Waals surface area contributed by atoms with Crippen molar-refractivity contribution < 1.29 is 22.7 Å². The van der Waals surface area contributed by atoms with Crippen LogP contribution in [0.25, 0.3) is 0 Å². The van der Waals surface area contributed by atoms with Crippen LogP contribution < -0.4 is 19.1 Å². The van der Waals surface area contributed by atoms with Crippen LogP contribution in [0.4, 0.5) is 5.69 Å². The Morgan fingerprint density at radius 1 is 0.906 bits per heavy atom. The molecule has 0 spiro atoms. The Labute approximate surface area is 188 Å². The first-order valence-corrected chi connectivity index (χ1v) is 11.4. The van der Waals surface area contributed by atoms with Gasteiger partial charge in [0, 0.05) is 7.05 Å². The average molecular weight is 455 g/mol. The number of carbonyl (C=O) groups is 1. The Kier molecular flexibility index (Phi) is 7.05. The number of para-hydroxylation sites is 1. The first-order chi connectivity index (χ1) is 15.3. The third-order valence-corrected chi connectivity index (χ3v) is 6.93. The van der Waals surface area contributed by atoms with Gasteiger partial charge in [0.15, 0.2) is 11.5 Å². The Morgan fingerprint density at radius 3 is 2.19 bits per heavy atom. The van der Waals surface area contributed by atoms with E-state index in [1.54, 1.807) is 68.8 Å². The number of anilines is 1. The monoisotopic (exact) mass is 454 g/mol. The summed E-state index contributed by atoms with van der Waals surface area (Å²) in [5.74, 6) is 0.756. The van der Waals surface area contributed by atoms with Crippen molar-refractivity contribution in [2.24, 2.45) is 0 Å². The van der Waals surface area contributed by atoms with Crippen LogP contribution in [0, 0.1) is 0 Å². The molecule has 1 N–H and O–H groups in total. The molecule has 0 fully saturated rings. The third-order valence-electron chi connectivity index (χ3n) is 5.14. The third kappa shape index (κ3) is 4.70. The molecule has 8 heteroatoms. The molecule has 0 saturated carbocycles. The second-order valence-corrected chi connectivity index (χ2v) is 9.08. The maximum Gasteiger partial charge on any atom is 0.264 e. The van der Waals surface area contributed by atoms with E-state index in [9.17, 15) is 13.2 Å². The molecule has 0 aliphatic carbocycles. The van der Waals surface area contributed by atoms with Gasteiger partial charge in [-0.05, 0) is 48.9 Å². The summed E-state index contributed by atoms with van der Waals surface area (Å²) >= 11 is 0. The van der Waals surface area contributed by atoms with Crippen LogP contribution in [0.5, 0.6) is 11.5 Å². The quantitative estimate of drug-likeness (QED) is 0.556. The Hall–Kier alpha value is -3.52. The number of amides is 1. The summed E-state index contributed by atoms with van der Waals surface area (Å²) in [7, 11) is 0.715. The molecule has 1 atom stereocenters. The van der Waals surface area contributed by atoms with E-state index in [1.807, 2.05) is 13.0 Å². The molecule has 3 aromatic rings. The highest BCUT2D eigenvalue weighted by molar-refractivity contribution is 7.92. The first kappa shape index (κ1) is 23.1. The molecule has 0 radical (unpaired) electrons. The van der Waals surface area contributed by atoms with Crippen LogP contribution in [0.3, 0.4) is 0 Å². The summed E-state index contributed by atoms with van der Waals surface area (Å²) in [5, 5.41) is 2.93. The van der Waals surface area contributed by atoms with Crippen LogP contribution in [0.15, 0.2) is 77.7 Å². The van der Waals surface area contributed by atoms with E-state index in [1.165, 1.54) is 19.2 Å². The molecule has 168 valence electrons. The largest absolute Gasteiger partial charge is 0.493 e. The average Bonchev–Trinajstić information content (AvgIpc) is 2.83. The van der Waals surface area contributed by atoms with E-state index >= 15 is 0 Å². The van der Waals surface area contributed by atoms with Crippen LogP contribution >= 0.6 is 0 Å². The molecule has 0 aromatic heterocycles. The van der Waals surface area contributed by atoms with Crippen molar-refractivity contribution >= 4 is 21.6 Å². The lowest BCUT2D eigenvalue weighted by Crippen LogP contribution is -2.31. The van der Waals surface area contributed by atoms with Gasteiger partial charge in [0.05, 0.1) is 36.4 Å². The fraction of sp³-hybridized carbons (Fsp3) is 0.208. The van der Waals surface area contributed by atoms with E-state index in [4.69, 9.17) is 9.47 Å². The predicted molar refractivity (Wildman–Crippen MR) is 124 cm³/mol. The highest BCUT2D eigenvalue weighted by Crippen LogP contribution is 2.31. The molecule has 0 heterocycles. The number of hydrogen-bond donors (Lipinski definition) is 1. The maximum absolute atomic E-state index is 13.1.